The van der Waals surface area contributed by atoms with Crippen LogP contribution in [0, 0.1) is 34.5 Å². The molecule has 0 aromatic heterocycles. The molecule has 0 aliphatic heterocycles. The van der Waals surface area contributed by atoms with Gasteiger partial charge in [-0.3, -0.25) is 0 Å². The van der Waals surface area contributed by atoms with Crippen LogP contribution in [0.3, 0.4) is 0 Å². The predicted molar refractivity (Wildman–Crippen MR) is 111 cm³/mol. The van der Waals surface area contributed by atoms with Crippen LogP contribution < -0.4 is 0 Å². The molecule has 0 heterocycles. The van der Waals surface area contributed by atoms with Crippen molar-refractivity contribution in [2.45, 2.75) is 102 Å². The molecule has 0 spiro atoms. The Morgan fingerprint density at radius 1 is 0.929 bits per heavy atom. The van der Waals surface area contributed by atoms with Gasteiger partial charge in [0.2, 0.25) is 0 Å². The molecule has 4 fully saturated rings. The summed E-state index contributed by atoms with van der Waals surface area (Å²) >= 11 is 0. The van der Waals surface area contributed by atoms with Gasteiger partial charge < -0.3 is 14.9 Å². The summed E-state index contributed by atoms with van der Waals surface area (Å²) in [6.45, 7) is 4.99. The van der Waals surface area contributed by atoms with E-state index in [1.165, 1.54) is 56.9 Å². The van der Waals surface area contributed by atoms with Crippen molar-refractivity contribution in [3.05, 3.63) is 11.6 Å². The zero-order chi connectivity index (χ0) is 19.7. The van der Waals surface area contributed by atoms with Crippen molar-refractivity contribution in [3.8, 4) is 0 Å². The molecule has 0 saturated heterocycles. The lowest BCUT2D eigenvalue weighted by atomic mass is 9.46. The molecular formula is C25H40O3. The van der Waals surface area contributed by atoms with Crippen LogP contribution in [-0.2, 0) is 4.74 Å². The molecule has 0 bridgehead atoms. The van der Waals surface area contributed by atoms with E-state index in [0.717, 1.165) is 19.3 Å². The first kappa shape index (κ1) is 19.6. The van der Waals surface area contributed by atoms with Gasteiger partial charge in [0.15, 0.2) is 0 Å². The number of methoxy groups -OCH3 is 1. The molecule has 5 aliphatic carbocycles. The van der Waals surface area contributed by atoms with E-state index in [-0.39, 0.29) is 23.2 Å². The smallest absolute Gasteiger partial charge is 0.0757 e. The van der Waals surface area contributed by atoms with Gasteiger partial charge >= 0.3 is 0 Å². The predicted octanol–water partition coefficient (Wildman–Crippen LogP) is 4.86. The highest BCUT2D eigenvalue weighted by molar-refractivity contribution is 5.28. The van der Waals surface area contributed by atoms with Crippen molar-refractivity contribution in [1.29, 1.82) is 0 Å². The maximum Gasteiger partial charge on any atom is 0.0757 e. The average Bonchev–Trinajstić information content (AvgIpc) is 3.28. The highest BCUT2D eigenvalue weighted by Crippen LogP contribution is 2.68. The largest absolute Gasteiger partial charge is 0.393 e. The first-order chi connectivity index (χ1) is 13.3. The van der Waals surface area contributed by atoms with E-state index in [1.807, 2.05) is 7.11 Å². The summed E-state index contributed by atoms with van der Waals surface area (Å²) in [7, 11) is 1.95. The number of aliphatic hydroxyl groups is 2. The maximum atomic E-state index is 11.3. The number of hydrogen-bond donors (Lipinski definition) is 2. The lowest BCUT2D eigenvalue weighted by Crippen LogP contribution is -2.56. The van der Waals surface area contributed by atoms with Crippen LogP contribution in [0.1, 0.15) is 84.5 Å². The first-order valence-electron chi connectivity index (χ1n) is 12.0. The maximum absolute atomic E-state index is 11.3. The van der Waals surface area contributed by atoms with Crippen molar-refractivity contribution < 1.29 is 14.9 Å². The lowest BCUT2D eigenvalue weighted by molar-refractivity contribution is -0.137. The SMILES string of the molecule is COC1([C@H]2CCC3C4C(O)C=C5C[C@@H](O)CC[C@]5(C)C4CC[C@@]32C)CCCC1. The van der Waals surface area contributed by atoms with Gasteiger partial charge in [-0.15, -0.1) is 0 Å². The summed E-state index contributed by atoms with van der Waals surface area (Å²) in [6, 6.07) is 0. The minimum Gasteiger partial charge on any atom is -0.393 e. The molecule has 5 aliphatic rings. The van der Waals surface area contributed by atoms with E-state index in [1.54, 1.807) is 0 Å². The Morgan fingerprint density at radius 3 is 2.39 bits per heavy atom. The van der Waals surface area contributed by atoms with Gasteiger partial charge in [-0.05, 0) is 92.3 Å². The monoisotopic (exact) mass is 388 g/mol. The Morgan fingerprint density at radius 2 is 1.68 bits per heavy atom. The number of aliphatic hydroxyl groups excluding tert-OH is 2. The van der Waals surface area contributed by atoms with Crippen LogP contribution in [0.4, 0.5) is 0 Å². The number of rotatable bonds is 2. The van der Waals surface area contributed by atoms with Crippen LogP contribution in [0.25, 0.3) is 0 Å². The molecule has 5 rings (SSSR count). The van der Waals surface area contributed by atoms with Crippen LogP contribution >= 0.6 is 0 Å². The second-order valence-corrected chi connectivity index (χ2v) is 11.4. The van der Waals surface area contributed by atoms with E-state index >= 15 is 0 Å². The Labute approximate surface area is 170 Å². The van der Waals surface area contributed by atoms with Gasteiger partial charge in [-0.2, -0.15) is 0 Å². The Bertz CT molecular complexity index is 650. The minimum absolute atomic E-state index is 0.0931. The van der Waals surface area contributed by atoms with E-state index in [9.17, 15) is 10.2 Å². The Balaban J connectivity index is 1.49. The first-order valence-corrected chi connectivity index (χ1v) is 12.0. The molecule has 2 N–H and O–H groups in total. The summed E-state index contributed by atoms with van der Waals surface area (Å²) in [4.78, 5) is 0. The lowest BCUT2D eigenvalue weighted by Gasteiger charge is -2.60. The molecular weight excluding hydrogens is 348 g/mol. The van der Waals surface area contributed by atoms with Gasteiger partial charge in [-0.25, -0.2) is 0 Å². The van der Waals surface area contributed by atoms with E-state index in [0.29, 0.717) is 29.1 Å². The van der Waals surface area contributed by atoms with Gasteiger partial charge in [0, 0.05) is 7.11 Å². The number of hydrogen-bond acceptors (Lipinski definition) is 3. The van der Waals surface area contributed by atoms with Crippen LogP contribution in [0.15, 0.2) is 11.6 Å². The third kappa shape index (κ3) is 2.51. The molecule has 8 atom stereocenters. The van der Waals surface area contributed by atoms with Crippen LogP contribution in [0.2, 0.25) is 0 Å². The zero-order valence-corrected chi connectivity index (χ0v) is 18.1. The standard InChI is InChI=1S/C25H40O3/c1-23-12-8-17(26)14-16(23)15-20(27)22-18-6-7-21(24(18,2)13-9-19(22)23)25(28-3)10-4-5-11-25/h15,17-22,26-27H,4-14H2,1-3H3/t17-,18?,19?,20?,21-,22?,23-,24-/m0/s1. The fourth-order valence-electron chi connectivity index (χ4n) is 9.16. The molecule has 28 heavy (non-hydrogen) atoms. The summed E-state index contributed by atoms with van der Waals surface area (Å²) in [5.41, 5.74) is 1.94. The molecule has 4 unspecified atom stereocenters. The Hall–Kier alpha value is -0.380. The normalized spacial score (nSPS) is 52.5. The van der Waals surface area contributed by atoms with Gasteiger partial charge in [-0.1, -0.05) is 38.3 Å². The highest BCUT2D eigenvalue weighted by atomic mass is 16.5. The van der Waals surface area contributed by atoms with Crippen molar-refractivity contribution in [3.63, 3.8) is 0 Å². The Kier molecular flexibility index (Phi) is 4.58. The quantitative estimate of drug-likeness (QED) is 0.665. The average molecular weight is 389 g/mol. The molecule has 0 radical (unpaired) electrons. The molecule has 0 amide bonds. The number of ether oxygens (including phenoxy) is 1. The van der Waals surface area contributed by atoms with Crippen molar-refractivity contribution in [2.24, 2.45) is 34.5 Å². The van der Waals surface area contributed by atoms with Gasteiger partial charge in [0.05, 0.1) is 17.8 Å². The molecule has 3 heteroatoms. The van der Waals surface area contributed by atoms with E-state index in [4.69, 9.17) is 4.74 Å². The zero-order valence-electron chi connectivity index (χ0n) is 18.1. The van der Waals surface area contributed by atoms with Gasteiger partial charge in [0.1, 0.15) is 0 Å². The number of fused-ring (bicyclic) bond motifs is 5. The fourth-order valence-corrected chi connectivity index (χ4v) is 9.16. The third-order valence-corrected chi connectivity index (χ3v) is 10.6. The minimum atomic E-state index is -0.330. The third-order valence-electron chi connectivity index (χ3n) is 10.6. The summed E-state index contributed by atoms with van der Waals surface area (Å²) < 4.78 is 6.28. The molecule has 0 aromatic rings. The topological polar surface area (TPSA) is 49.7 Å². The van der Waals surface area contributed by atoms with Crippen molar-refractivity contribution >= 4 is 0 Å². The van der Waals surface area contributed by atoms with Crippen molar-refractivity contribution in [2.75, 3.05) is 7.11 Å². The van der Waals surface area contributed by atoms with Crippen LogP contribution in [-0.4, -0.2) is 35.1 Å². The summed E-state index contributed by atoms with van der Waals surface area (Å²) in [5, 5.41) is 21.5. The molecule has 3 nitrogen and oxygen atoms in total. The molecule has 0 aromatic carbocycles. The highest BCUT2D eigenvalue weighted by Gasteiger charge is 2.64. The second kappa shape index (κ2) is 6.56. The molecule has 158 valence electrons. The van der Waals surface area contributed by atoms with Crippen molar-refractivity contribution in [1.82, 2.24) is 0 Å². The van der Waals surface area contributed by atoms with E-state index < -0.39 is 0 Å². The fraction of sp³-hybridized carbons (Fsp3) is 0.920. The summed E-state index contributed by atoms with van der Waals surface area (Å²) in [5.74, 6) is 2.23. The van der Waals surface area contributed by atoms with Crippen LogP contribution in [0.5, 0.6) is 0 Å². The molecule has 4 saturated carbocycles. The van der Waals surface area contributed by atoms with E-state index in [2.05, 4.69) is 19.9 Å². The summed E-state index contributed by atoms with van der Waals surface area (Å²) in [6.07, 6.45) is 14.5. The second-order valence-electron chi connectivity index (χ2n) is 11.4. The van der Waals surface area contributed by atoms with Gasteiger partial charge in [0.25, 0.3) is 0 Å².